The molecule has 9 nitrogen and oxygen atoms in total. The van der Waals surface area contributed by atoms with Crippen molar-refractivity contribution in [2.45, 2.75) is 25.7 Å². The molecule has 0 unspecified atom stereocenters. The van der Waals surface area contributed by atoms with Crippen LogP contribution in [0.2, 0.25) is 0 Å². The SMILES string of the molecule is CC[C@](C)(CNc1cc(-c2cnc(N)nc2)ncn1)c1cccc2c(C(=O)NC)ccnc12. The zero-order valence-corrected chi connectivity index (χ0v) is 18.8. The summed E-state index contributed by atoms with van der Waals surface area (Å²) in [6.45, 7) is 4.93. The summed E-state index contributed by atoms with van der Waals surface area (Å²) in [7, 11) is 1.63. The van der Waals surface area contributed by atoms with Gasteiger partial charge >= 0.3 is 0 Å². The smallest absolute Gasteiger partial charge is 0.251 e. The number of anilines is 2. The third-order valence-electron chi connectivity index (χ3n) is 5.97. The largest absolute Gasteiger partial charge is 0.369 e. The Bertz CT molecular complexity index is 1290. The Kier molecular flexibility index (Phi) is 6.12. The summed E-state index contributed by atoms with van der Waals surface area (Å²) in [6.07, 6.45) is 7.32. The van der Waals surface area contributed by atoms with Crippen molar-refractivity contribution in [3.63, 3.8) is 0 Å². The fourth-order valence-electron chi connectivity index (χ4n) is 3.77. The molecule has 0 bridgehead atoms. The molecule has 0 spiro atoms. The number of para-hydroxylation sites is 1. The van der Waals surface area contributed by atoms with Crippen LogP contribution in [0.4, 0.5) is 11.8 Å². The van der Waals surface area contributed by atoms with Gasteiger partial charge in [0.25, 0.3) is 5.91 Å². The lowest BCUT2D eigenvalue weighted by atomic mass is 9.78. The van der Waals surface area contributed by atoms with Gasteiger partial charge in [-0.1, -0.05) is 32.0 Å². The van der Waals surface area contributed by atoms with E-state index in [0.29, 0.717) is 23.6 Å². The molecule has 33 heavy (non-hydrogen) atoms. The lowest BCUT2D eigenvalue weighted by Crippen LogP contribution is -2.31. The first-order valence-electron chi connectivity index (χ1n) is 10.7. The van der Waals surface area contributed by atoms with Crippen molar-refractivity contribution in [2.24, 2.45) is 0 Å². The number of amides is 1. The lowest BCUT2D eigenvalue weighted by molar-refractivity contribution is 0.0964. The number of nitrogen functional groups attached to an aromatic ring is 1. The number of nitrogens with two attached hydrogens (primary N) is 1. The standard InChI is InChI=1S/C24H26N8O/c1-4-24(2,18-7-5-6-16-17(22(33)26-3)8-9-27-21(16)18)13-30-20-10-19(31-14-32-20)15-11-28-23(25)29-12-15/h5-12,14H,4,13H2,1-3H3,(H,26,33)(H2,25,28,29)(H,30,31,32)/t24-/m1/s1. The number of benzene rings is 1. The number of nitrogens with one attached hydrogen (secondary N) is 2. The highest BCUT2D eigenvalue weighted by Gasteiger charge is 2.28. The van der Waals surface area contributed by atoms with E-state index in [4.69, 9.17) is 5.73 Å². The normalized spacial score (nSPS) is 12.8. The number of hydrogen-bond donors (Lipinski definition) is 3. The number of aromatic nitrogens is 5. The highest BCUT2D eigenvalue weighted by atomic mass is 16.1. The van der Waals surface area contributed by atoms with Crippen molar-refractivity contribution in [2.75, 3.05) is 24.6 Å². The highest BCUT2D eigenvalue weighted by molar-refractivity contribution is 6.06. The van der Waals surface area contributed by atoms with E-state index in [2.05, 4.69) is 55.5 Å². The summed E-state index contributed by atoms with van der Waals surface area (Å²) >= 11 is 0. The zero-order chi connectivity index (χ0) is 23.4. The van der Waals surface area contributed by atoms with Crippen molar-refractivity contribution in [3.8, 4) is 11.3 Å². The molecule has 0 aliphatic carbocycles. The summed E-state index contributed by atoms with van der Waals surface area (Å²) in [5, 5.41) is 6.99. The fraction of sp³-hybridized carbons (Fsp3) is 0.250. The highest BCUT2D eigenvalue weighted by Crippen LogP contribution is 2.33. The summed E-state index contributed by atoms with van der Waals surface area (Å²) in [6, 6.07) is 9.59. The van der Waals surface area contributed by atoms with Crippen LogP contribution >= 0.6 is 0 Å². The molecule has 3 aromatic heterocycles. The van der Waals surface area contributed by atoms with Crippen LogP contribution < -0.4 is 16.4 Å². The van der Waals surface area contributed by atoms with Crippen LogP contribution in [0.15, 0.2) is 55.2 Å². The van der Waals surface area contributed by atoms with Gasteiger partial charge in [0.1, 0.15) is 12.1 Å². The maximum Gasteiger partial charge on any atom is 0.251 e. The molecule has 0 saturated carbocycles. The van der Waals surface area contributed by atoms with E-state index in [1.165, 1.54) is 6.33 Å². The number of pyridine rings is 1. The minimum absolute atomic E-state index is 0.129. The maximum atomic E-state index is 12.4. The van der Waals surface area contributed by atoms with Gasteiger partial charge in [-0.05, 0) is 18.1 Å². The Balaban J connectivity index is 1.64. The predicted octanol–water partition coefficient (Wildman–Crippen LogP) is 3.20. The molecule has 1 aromatic carbocycles. The summed E-state index contributed by atoms with van der Waals surface area (Å²) in [4.78, 5) is 33.7. The number of hydrogen-bond acceptors (Lipinski definition) is 8. The molecule has 0 saturated heterocycles. The molecule has 1 atom stereocenters. The molecule has 9 heteroatoms. The van der Waals surface area contributed by atoms with E-state index in [9.17, 15) is 4.79 Å². The Hall–Kier alpha value is -4.14. The van der Waals surface area contributed by atoms with Gasteiger partial charge in [-0.15, -0.1) is 0 Å². The third kappa shape index (κ3) is 4.43. The number of fused-ring (bicyclic) bond motifs is 1. The molecule has 0 aliphatic rings. The van der Waals surface area contributed by atoms with Crippen LogP contribution in [0.1, 0.15) is 36.2 Å². The van der Waals surface area contributed by atoms with Crippen LogP contribution in [-0.4, -0.2) is 44.4 Å². The van der Waals surface area contributed by atoms with Crippen molar-refractivity contribution in [1.29, 1.82) is 0 Å². The molecule has 4 N–H and O–H groups in total. The fourth-order valence-corrected chi connectivity index (χ4v) is 3.77. The molecular formula is C24H26N8O. The van der Waals surface area contributed by atoms with Crippen LogP contribution in [0.5, 0.6) is 0 Å². The van der Waals surface area contributed by atoms with Gasteiger partial charge in [-0.25, -0.2) is 19.9 Å². The first kappa shape index (κ1) is 22.1. The summed E-state index contributed by atoms with van der Waals surface area (Å²) < 4.78 is 0. The molecule has 168 valence electrons. The van der Waals surface area contributed by atoms with E-state index in [0.717, 1.165) is 28.5 Å². The molecule has 3 heterocycles. The second-order valence-electron chi connectivity index (χ2n) is 8.03. The number of carbonyl (C=O) groups is 1. The minimum Gasteiger partial charge on any atom is -0.369 e. The second kappa shape index (κ2) is 9.15. The second-order valence-corrected chi connectivity index (χ2v) is 8.03. The van der Waals surface area contributed by atoms with E-state index >= 15 is 0 Å². The van der Waals surface area contributed by atoms with Crippen molar-refractivity contribution in [1.82, 2.24) is 30.2 Å². The molecule has 1 amide bonds. The quantitative estimate of drug-likeness (QED) is 0.398. The van der Waals surface area contributed by atoms with Crippen LogP contribution in [0, 0.1) is 0 Å². The molecule has 4 rings (SSSR count). The average molecular weight is 443 g/mol. The zero-order valence-electron chi connectivity index (χ0n) is 18.8. The van der Waals surface area contributed by atoms with Gasteiger partial charge in [-0.3, -0.25) is 9.78 Å². The first-order valence-corrected chi connectivity index (χ1v) is 10.7. The monoisotopic (exact) mass is 442 g/mol. The predicted molar refractivity (Wildman–Crippen MR) is 129 cm³/mol. The number of carbonyl (C=O) groups excluding carboxylic acids is 1. The van der Waals surface area contributed by atoms with E-state index in [1.807, 2.05) is 18.2 Å². The Morgan fingerprint density at radius 3 is 2.61 bits per heavy atom. The Morgan fingerprint density at radius 1 is 1.09 bits per heavy atom. The Morgan fingerprint density at radius 2 is 1.88 bits per heavy atom. The molecule has 4 aromatic rings. The molecular weight excluding hydrogens is 416 g/mol. The van der Waals surface area contributed by atoms with Gasteiger partial charge in [0.05, 0.1) is 16.8 Å². The maximum absolute atomic E-state index is 12.4. The first-order chi connectivity index (χ1) is 15.9. The molecule has 0 fully saturated rings. The Labute approximate surface area is 191 Å². The van der Waals surface area contributed by atoms with Crippen LogP contribution in [-0.2, 0) is 5.41 Å². The van der Waals surface area contributed by atoms with E-state index < -0.39 is 0 Å². The van der Waals surface area contributed by atoms with E-state index in [-0.39, 0.29) is 17.3 Å². The van der Waals surface area contributed by atoms with Crippen LogP contribution in [0.3, 0.4) is 0 Å². The van der Waals surface area contributed by atoms with Gasteiger partial charge in [0.2, 0.25) is 5.95 Å². The minimum atomic E-state index is -0.261. The molecule has 0 aliphatic heterocycles. The summed E-state index contributed by atoms with van der Waals surface area (Å²) in [5.41, 5.74) is 9.29. The number of nitrogens with zero attached hydrogens (tertiary/aromatic N) is 5. The van der Waals surface area contributed by atoms with Crippen molar-refractivity contribution in [3.05, 3.63) is 66.4 Å². The van der Waals surface area contributed by atoms with Gasteiger partial charge in [-0.2, -0.15) is 0 Å². The van der Waals surface area contributed by atoms with Crippen molar-refractivity contribution >= 4 is 28.6 Å². The van der Waals surface area contributed by atoms with Crippen LogP contribution in [0.25, 0.3) is 22.2 Å². The van der Waals surface area contributed by atoms with Gasteiger partial charge in [0.15, 0.2) is 0 Å². The van der Waals surface area contributed by atoms with Gasteiger partial charge in [0, 0.05) is 54.6 Å². The van der Waals surface area contributed by atoms with E-state index in [1.54, 1.807) is 31.7 Å². The topological polar surface area (TPSA) is 132 Å². The van der Waals surface area contributed by atoms with Gasteiger partial charge < -0.3 is 16.4 Å². The lowest BCUT2D eigenvalue weighted by Gasteiger charge is -2.30. The average Bonchev–Trinajstić information content (AvgIpc) is 2.86. The van der Waals surface area contributed by atoms with Crippen molar-refractivity contribution < 1.29 is 4.79 Å². The molecule has 0 radical (unpaired) electrons. The third-order valence-corrected chi connectivity index (χ3v) is 5.97. The summed E-state index contributed by atoms with van der Waals surface area (Å²) in [5.74, 6) is 0.778. The number of rotatable bonds is 7.